The Labute approximate surface area is 135 Å². The summed E-state index contributed by atoms with van der Waals surface area (Å²) in [7, 11) is 0. The molecule has 0 aliphatic rings. The Morgan fingerprint density at radius 3 is 2.68 bits per heavy atom. The van der Waals surface area contributed by atoms with E-state index in [0.717, 1.165) is 10.2 Å². The largest absolute Gasteiger partial charge is 0.364 e. The second-order valence-electron chi connectivity index (χ2n) is 4.33. The number of benzene rings is 2. The van der Waals surface area contributed by atoms with Gasteiger partial charge in [0.25, 0.3) is 0 Å². The summed E-state index contributed by atoms with van der Waals surface area (Å²) in [5, 5.41) is 8.63. The van der Waals surface area contributed by atoms with Crippen molar-refractivity contribution in [2.24, 2.45) is 0 Å². The van der Waals surface area contributed by atoms with Crippen LogP contribution in [-0.4, -0.2) is 16.8 Å². The van der Waals surface area contributed by atoms with Gasteiger partial charge in [0.15, 0.2) is 10.8 Å². The Morgan fingerprint density at radius 1 is 1.18 bits per heavy atom. The summed E-state index contributed by atoms with van der Waals surface area (Å²) >= 11 is 7.25. The number of aromatic nitrogens is 1. The Hall–Kier alpha value is -2.44. The van der Waals surface area contributed by atoms with Gasteiger partial charge < -0.3 is 4.84 Å². The fraction of sp³-hybridized carbons (Fsp3) is 0. The minimum absolute atomic E-state index is 0.0818. The average Bonchev–Trinajstić information content (AvgIpc) is 2.97. The molecule has 3 rings (SSSR count). The van der Waals surface area contributed by atoms with E-state index in [1.54, 1.807) is 24.3 Å². The molecule has 7 heteroatoms. The van der Waals surface area contributed by atoms with Crippen molar-refractivity contribution in [3.8, 4) is 0 Å². The molecule has 110 valence electrons. The van der Waals surface area contributed by atoms with Crippen LogP contribution >= 0.6 is 22.9 Å². The maximum atomic E-state index is 11.9. The van der Waals surface area contributed by atoms with Crippen LogP contribution in [0.1, 0.15) is 15.4 Å². The topological polar surface area (TPSA) is 75.1 Å². The first-order chi connectivity index (χ1) is 10.6. The molecule has 0 amide bonds. The lowest BCUT2D eigenvalue weighted by Gasteiger charge is -2.06. The highest BCUT2D eigenvalue weighted by Crippen LogP contribution is 2.21. The summed E-state index contributed by atoms with van der Waals surface area (Å²) in [6.45, 7) is 0. The molecule has 0 saturated heterocycles. The molecule has 2 aromatic carbocycles. The van der Waals surface area contributed by atoms with Crippen molar-refractivity contribution in [2.75, 3.05) is 0 Å². The molecule has 0 unspecified atom stereocenters. The molecule has 3 aromatic rings. The van der Waals surface area contributed by atoms with Gasteiger partial charge in [0.05, 0.1) is 20.8 Å². The van der Waals surface area contributed by atoms with E-state index in [4.69, 9.17) is 21.8 Å². The van der Waals surface area contributed by atoms with E-state index >= 15 is 0 Å². The van der Waals surface area contributed by atoms with Gasteiger partial charge in [-0.25, -0.2) is 9.78 Å². The number of halogens is 1. The third-order valence-electron chi connectivity index (χ3n) is 2.85. The number of hydroxylamine groups is 1. The van der Waals surface area contributed by atoms with Crippen LogP contribution in [-0.2, 0) is 4.84 Å². The van der Waals surface area contributed by atoms with Crippen molar-refractivity contribution < 1.29 is 9.63 Å². The van der Waals surface area contributed by atoms with Gasteiger partial charge in [-0.1, -0.05) is 35.9 Å². The SMILES string of the molecule is N=C(NOC(=O)c1ccccc1Cl)c1nc2ccccc2s1. The van der Waals surface area contributed by atoms with Crippen molar-refractivity contribution in [1.29, 1.82) is 5.41 Å². The van der Waals surface area contributed by atoms with E-state index in [0.29, 0.717) is 10.0 Å². The zero-order valence-corrected chi connectivity index (χ0v) is 12.7. The van der Waals surface area contributed by atoms with Crippen molar-refractivity contribution in [3.05, 3.63) is 64.1 Å². The molecular weight excluding hydrogens is 322 g/mol. The number of hydrogen-bond acceptors (Lipinski definition) is 5. The Bertz CT molecular complexity index is 830. The number of nitrogens with zero attached hydrogens (tertiary/aromatic N) is 1. The average molecular weight is 332 g/mol. The summed E-state index contributed by atoms with van der Waals surface area (Å²) in [5.41, 5.74) is 3.34. The number of hydrogen-bond donors (Lipinski definition) is 2. The molecule has 0 aliphatic carbocycles. The summed E-state index contributed by atoms with van der Waals surface area (Å²) in [6, 6.07) is 14.1. The fourth-order valence-electron chi connectivity index (χ4n) is 1.80. The lowest BCUT2D eigenvalue weighted by molar-refractivity contribution is 0.0386. The van der Waals surface area contributed by atoms with E-state index in [-0.39, 0.29) is 11.4 Å². The molecule has 22 heavy (non-hydrogen) atoms. The van der Waals surface area contributed by atoms with E-state index < -0.39 is 5.97 Å². The molecule has 1 heterocycles. The number of para-hydroxylation sites is 1. The van der Waals surface area contributed by atoms with Crippen LogP contribution in [0.15, 0.2) is 48.5 Å². The minimum atomic E-state index is -0.656. The molecular formula is C15H10ClN3O2S. The van der Waals surface area contributed by atoms with Gasteiger partial charge in [0.2, 0.25) is 0 Å². The van der Waals surface area contributed by atoms with Crippen LogP contribution < -0.4 is 5.48 Å². The smallest absolute Gasteiger partial charge is 0.336 e. The van der Waals surface area contributed by atoms with E-state index in [9.17, 15) is 4.79 Å². The number of thiazole rings is 1. The van der Waals surface area contributed by atoms with Crippen LogP contribution in [0.4, 0.5) is 0 Å². The quantitative estimate of drug-likeness (QED) is 0.427. The van der Waals surface area contributed by atoms with Gasteiger partial charge in [0.1, 0.15) is 0 Å². The van der Waals surface area contributed by atoms with Crippen LogP contribution in [0.5, 0.6) is 0 Å². The van der Waals surface area contributed by atoms with Gasteiger partial charge in [-0.2, -0.15) is 5.48 Å². The summed E-state index contributed by atoms with van der Waals surface area (Å²) in [4.78, 5) is 21.1. The first-order valence-electron chi connectivity index (χ1n) is 6.31. The summed E-state index contributed by atoms with van der Waals surface area (Å²) < 4.78 is 0.960. The first-order valence-corrected chi connectivity index (χ1v) is 7.51. The lowest BCUT2D eigenvalue weighted by atomic mass is 10.2. The predicted octanol–water partition coefficient (Wildman–Crippen LogP) is 3.64. The first kappa shape index (κ1) is 14.5. The molecule has 0 radical (unpaired) electrons. The van der Waals surface area contributed by atoms with Crippen molar-refractivity contribution in [2.45, 2.75) is 0 Å². The zero-order chi connectivity index (χ0) is 15.5. The highest BCUT2D eigenvalue weighted by atomic mass is 35.5. The van der Waals surface area contributed by atoms with Crippen molar-refractivity contribution >= 4 is 45.0 Å². The standard InChI is InChI=1S/C15H10ClN3O2S/c16-10-6-2-1-5-9(10)15(20)21-19-13(17)14-18-11-7-3-4-8-12(11)22-14/h1-8H,(H2,17,19). The Balaban J connectivity index is 1.69. The third kappa shape index (κ3) is 2.93. The molecule has 0 bridgehead atoms. The Morgan fingerprint density at radius 2 is 1.91 bits per heavy atom. The van der Waals surface area contributed by atoms with Crippen LogP contribution in [0, 0.1) is 5.41 Å². The van der Waals surface area contributed by atoms with Crippen molar-refractivity contribution in [3.63, 3.8) is 0 Å². The van der Waals surface area contributed by atoms with Gasteiger partial charge in [-0.05, 0) is 24.3 Å². The van der Waals surface area contributed by atoms with E-state index in [2.05, 4.69) is 10.5 Å². The minimum Gasteiger partial charge on any atom is -0.336 e. The second-order valence-corrected chi connectivity index (χ2v) is 5.77. The highest BCUT2D eigenvalue weighted by Gasteiger charge is 2.14. The number of rotatable bonds is 2. The molecule has 0 spiro atoms. The number of carbonyl (C=O) groups is 1. The monoisotopic (exact) mass is 331 g/mol. The van der Waals surface area contributed by atoms with Crippen LogP contribution in [0.25, 0.3) is 10.2 Å². The molecule has 1 aromatic heterocycles. The van der Waals surface area contributed by atoms with Crippen LogP contribution in [0.3, 0.4) is 0 Å². The summed E-state index contributed by atoms with van der Waals surface area (Å²) in [6.07, 6.45) is 0. The van der Waals surface area contributed by atoms with E-state index in [1.807, 2.05) is 24.3 Å². The molecule has 0 aliphatic heterocycles. The number of fused-ring (bicyclic) bond motifs is 1. The molecule has 5 nitrogen and oxygen atoms in total. The zero-order valence-electron chi connectivity index (χ0n) is 11.2. The lowest BCUT2D eigenvalue weighted by Crippen LogP contribution is -2.27. The fourth-order valence-corrected chi connectivity index (χ4v) is 2.88. The number of amidine groups is 1. The molecule has 0 saturated carbocycles. The van der Waals surface area contributed by atoms with Gasteiger partial charge in [-0.3, -0.25) is 5.41 Å². The number of nitrogens with one attached hydrogen (secondary N) is 2. The number of carbonyl (C=O) groups excluding carboxylic acids is 1. The maximum absolute atomic E-state index is 11.9. The van der Waals surface area contributed by atoms with Gasteiger partial charge in [-0.15, -0.1) is 11.3 Å². The van der Waals surface area contributed by atoms with Gasteiger partial charge in [0, 0.05) is 0 Å². The Kier molecular flexibility index (Phi) is 4.04. The molecule has 0 fully saturated rings. The predicted molar refractivity (Wildman–Crippen MR) is 86.5 cm³/mol. The molecule has 2 N–H and O–H groups in total. The van der Waals surface area contributed by atoms with Crippen LogP contribution in [0.2, 0.25) is 5.02 Å². The highest BCUT2D eigenvalue weighted by molar-refractivity contribution is 7.20. The summed E-state index contributed by atoms with van der Waals surface area (Å²) in [5.74, 6) is -0.738. The third-order valence-corrected chi connectivity index (χ3v) is 4.23. The molecule has 0 atom stereocenters. The normalized spacial score (nSPS) is 10.4. The van der Waals surface area contributed by atoms with Gasteiger partial charge >= 0.3 is 5.97 Å². The maximum Gasteiger partial charge on any atom is 0.364 e. The second kappa shape index (κ2) is 6.13. The van der Waals surface area contributed by atoms with E-state index in [1.165, 1.54) is 11.3 Å². The van der Waals surface area contributed by atoms with Crippen molar-refractivity contribution in [1.82, 2.24) is 10.5 Å².